The van der Waals surface area contributed by atoms with E-state index in [1.165, 1.54) is 4.90 Å². The van der Waals surface area contributed by atoms with Crippen LogP contribution in [0.4, 0.5) is 0 Å². The van der Waals surface area contributed by atoms with Crippen molar-refractivity contribution in [3.63, 3.8) is 0 Å². The SMILES string of the molecule is N#Cc1ccc(C[C@@H]2O[C@@H](c3cccc(Cl)c3)[C@@H](c3ccc(Cl)cc3)N([C@H](C(=O)O)C3CC3)C2=O)cc1. The highest BCUT2D eigenvalue weighted by Gasteiger charge is 2.52. The molecule has 1 heterocycles. The lowest BCUT2D eigenvalue weighted by atomic mass is 9.88. The van der Waals surface area contributed by atoms with Gasteiger partial charge in [0, 0.05) is 16.5 Å². The topological polar surface area (TPSA) is 90.6 Å². The number of nitriles is 1. The Hall–Kier alpha value is -3.37. The second-order valence-electron chi connectivity index (χ2n) is 9.48. The van der Waals surface area contributed by atoms with Gasteiger partial charge >= 0.3 is 5.97 Å². The number of benzene rings is 3. The fourth-order valence-corrected chi connectivity index (χ4v) is 5.36. The number of morpholine rings is 1. The number of carbonyl (C=O) groups excluding carboxylic acids is 1. The van der Waals surface area contributed by atoms with Crippen LogP contribution in [0.5, 0.6) is 0 Å². The first kappa shape index (κ1) is 25.3. The maximum Gasteiger partial charge on any atom is 0.326 e. The van der Waals surface area contributed by atoms with Crippen molar-refractivity contribution in [3.8, 4) is 6.07 Å². The molecule has 1 saturated heterocycles. The molecule has 188 valence electrons. The minimum atomic E-state index is -1.03. The van der Waals surface area contributed by atoms with Crippen LogP contribution in [-0.2, 0) is 20.7 Å². The predicted octanol–water partition coefficient (Wildman–Crippen LogP) is 5.98. The molecule has 0 bridgehead atoms. The molecule has 0 aromatic heterocycles. The second-order valence-corrected chi connectivity index (χ2v) is 10.3. The number of hydrogen-bond donors (Lipinski definition) is 1. The molecule has 1 amide bonds. The lowest BCUT2D eigenvalue weighted by Gasteiger charge is -2.47. The van der Waals surface area contributed by atoms with Crippen LogP contribution in [0.3, 0.4) is 0 Å². The van der Waals surface area contributed by atoms with Crippen molar-refractivity contribution in [1.29, 1.82) is 5.26 Å². The fourth-order valence-electron chi connectivity index (χ4n) is 5.03. The number of aliphatic carboxylic acids is 1. The molecule has 0 spiro atoms. The highest BCUT2D eigenvalue weighted by molar-refractivity contribution is 6.30. The zero-order valence-corrected chi connectivity index (χ0v) is 21.3. The summed E-state index contributed by atoms with van der Waals surface area (Å²) >= 11 is 12.5. The summed E-state index contributed by atoms with van der Waals surface area (Å²) in [5.74, 6) is -1.52. The first-order chi connectivity index (χ1) is 17.9. The molecule has 1 saturated carbocycles. The van der Waals surface area contributed by atoms with Gasteiger partial charge in [0.15, 0.2) is 0 Å². The third-order valence-electron chi connectivity index (χ3n) is 6.94. The molecule has 0 radical (unpaired) electrons. The lowest BCUT2D eigenvalue weighted by molar-refractivity contribution is -0.185. The molecule has 37 heavy (non-hydrogen) atoms. The first-order valence-corrected chi connectivity index (χ1v) is 12.8. The van der Waals surface area contributed by atoms with E-state index in [9.17, 15) is 14.7 Å². The van der Waals surface area contributed by atoms with Crippen molar-refractivity contribution >= 4 is 35.1 Å². The summed E-state index contributed by atoms with van der Waals surface area (Å²) < 4.78 is 6.52. The number of hydrogen-bond acceptors (Lipinski definition) is 4. The predicted molar refractivity (Wildman–Crippen MR) is 139 cm³/mol. The molecule has 0 unspecified atom stereocenters. The molecule has 1 aliphatic heterocycles. The molecule has 2 fully saturated rings. The normalized spacial score (nSPS) is 22.4. The van der Waals surface area contributed by atoms with E-state index in [1.807, 2.05) is 12.1 Å². The van der Waals surface area contributed by atoms with Gasteiger partial charge in [-0.25, -0.2) is 4.79 Å². The van der Waals surface area contributed by atoms with Crippen LogP contribution in [0.1, 0.15) is 47.2 Å². The van der Waals surface area contributed by atoms with Gasteiger partial charge in [-0.1, -0.05) is 59.6 Å². The van der Waals surface area contributed by atoms with Crippen molar-refractivity contribution < 1.29 is 19.4 Å². The Morgan fingerprint density at radius 2 is 1.73 bits per heavy atom. The van der Waals surface area contributed by atoms with Crippen LogP contribution in [-0.4, -0.2) is 34.0 Å². The van der Waals surface area contributed by atoms with E-state index in [2.05, 4.69) is 6.07 Å². The third kappa shape index (κ3) is 5.35. The van der Waals surface area contributed by atoms with E-state index in [4.69, 9.17) is 33.2 Å². The average molecular weight is 535 g/mol. The van der Waals surface area contributed by atoms with Crippen LogP contribution in [0.15, 0.2) is 72.8 Å². The summed E-state index contributed by atoms with van der Waals surface area (Å²) in [6.45, 7) is 0. The zero-order chi connectivity index (χ0) is 26.1. The van der Waals surface area contributed by atoms with Gasteiger partial charge < -0.3 is 14.7 Å². The Morgan fingerprint density at radius 1 is 1.03 bits per heavy atom. The quantitative estimate of drug-likeness (QED) is 0.402. The number of nitrogens with zero attached hydrogens (tertiary/aromatic N) is 2. The smallest absolute Gasteiger partial charge is 0.326 e. The molecule has 3 aromatic rings. The van der Waals surface area contributed by atoms with Gasteiger partial charge in [-0.2, -0.15) is 5.26 Å². The van der Waals surface area contributed by atoms with Crippen molar-refractivity contribution in [2.45, 2.75) is 43.6 Å². The zero-order valence-electron chi connectivity index (χ0n) is 19.8. The molecule has 2 aliphatic rings. The van der Waals surface area contributed by atoms with E-state index in [0.717, 1.165) is 29.5 Å². The monoisotopic (exact) mass is 534 g/mol. The minimum absolute atomic E-state index is 0.120. The van der Waals surface area contributed by atoms with Crippen molar-refractivity contribution in [2.75, 3.05) is 0 Å². The van der Waals surface area contributed by atoms with E-state index in [-0.39, 0.29) is 18.2 Å². The van der Waals surface area contributed by atoms with E-state index < -0.39 is 30.3 Å². The maximum atomic E-state index is 14.1. The van der Waals surface area contributed by atoms with Gasteiger partial charge in [0.1, 0.15) is 18.2 Å². The summed E-state index contributed by atoms with van der Waals surface area (Å²) in [6, 6.07) is 21.7. The Bertz CT molecular complexity index is 1350. The van der Waals surface area contributed by atoms with E-state index in [0.29, 0.717) is 15.6 Å². The number of carbonyl (C=O) groups is 2. The minimum Gasteiger partial charge on any atom is -0.480 e. The number of carboxylic acid groups (broad SMARTS) is 1. The lowest BCUT2D eigenvalue weighted by Crippen LogP contribution is -2.58. The Labute approximate surface area is 225 Å². The van der Waals surface area contributed by atoms with Crippen LogP contribution >= 0.6 is 23.2 Å². The summed E-state index contributed by atoms with van der Waals surface area (Å²) in [4.78, 5) is 28.2. The van der Waals surface area contributed by atoms with Gasteiger partial charge in [-0.15, -0.1) is 0 Å². The second kappa shape index (κ2) is 10.5. The van der Waals surface area contributed by atoms with E-state index >= 15 is 0 Å². The molecule has 6 nitrogen and oxygen atoms in total. The average Bonchev–Trinajstić information content (AvgIpc) is 3.72. The highest BCUT2D eigenvalue weighted by atomic mass is 35.5. The molecule has 4 atom stereocenters. The molecular weight excluding hydrogens is 511 g/mol. The van der Waals surface area contributed by atoms with Gasteiger partial charge in [0.05, 0.1) is 17.7 Å². The molecule has 3 aromatic carbocycles. The summed E-state index contributed by atoms with van der Waals surface area (Å²) in [5, 5.41) is 20.5. The third-order valence-corrected chi connectivity index (χ3v) is 7.43. The van der Waals surface area contributed by atoms with Crippen LogP contribution in [0.2, 0.25) is 10.0 Å². The number of carboxylic acids is 1. The van der Waals surface area contributed by atoms with Gasteiger partial charge in [-0.3, -0.25) is 4.79 Å². The summed E-state index contributed by atoms with van der Waals surface area (Å²) in [6.07, 6.45) is 0.152. The van der Waals surface area contributed by atoms with Crippen molar-refractivity contribution in [2.24, 2.45) is 5.92 Å². The van der Waals surface area contributed by atoms with Gasteiger partial charge in [0.2, 0.25) is 0 Å². The van der Waals surface area contributed by atoms with Crippen LogP contribution in [0.25, 0.3) is 0 Å². The Balaban J connectivity index is 1.62. The molecule has 1 aliphatic carbocycles. The fraction of sp³-hybridized carbons (Fsp3) is 0.276. The summed E-state index contributed by atoms with van der Waals surface area (Å²) in [5.41, 5.74) is 2.80. The number of halogens is 2. The van der Waals surface area contributed by atoms with Crippen LogP contribution < -0.4 is 0 Å². The Kier molecular flexibility index (Phi) is 7.21. The number of rotatable bonds is 7. The highest BCUT2D eigenvalue weighted by Crippen LogP contribution is 2.48. The summed E-state index contributed by atoms with van der Waals surface area (Å²) in [7, 11) is 0. The van der Waals surface area contributed by atoms with Crippen molar-refractivity contribution in [3.05, 3.63) is 105 Å². The van der Waals surface area contributed by atoms with Gasteiger partial charge in [0.25, 0.3) is 5.91 Å². The standard InChI is InChI=1S/C29H24Cl2N2O4/c30-22-12-10-19(11-13-22)25-27(21-2-1-3-23(31)15-21)37-24(14-17-4-6-18(16-32)7-5-17)28(34)33(25)26(29(35)36)20-8-9-20/h1-7,10-13,15,20,24-27H,8-9,14H2,(H,35,36)/t24-,25+,26-,27-/m0/s1. The first-order valence-electron chi connectivity index (χ1n) is 12.1. The largest absolute Gasteiger partial charge is 0.480 e. The van der Waals surface area contributed by atoms with Crippen molar-refractivity contribution in [1.82, 2.24) is 4.90 Å². The molecular formula is C29H24Cl2N2O4. The molecule has 8 heteroatoms. The Morgan fingerprint density at radius 3 is 2.32 bits per heavy atom. The van der Waals surface area contributed by atoms with Gasteiger partial charge in [-0.05, 0) is 71.8 Å². The molecule has 5 rings (SSSR count). The maximum absolute atomic E-state index is 14.1. The van der Waals surface area contributed by atoms with Crippen LogP contribution in [0, 0.1) is 17.2 Å². The number of amides is 1. The molecule has 1 N–H and O–H groups in total. The van der Waals surface area contributed by atoms with E-state index in [1.54, 1.807) is 60.7 Å². The number of ether oxygens (including phenoxy) is 1.